The zero-order valence-corrected chi connectivity index (χ0v) is 13.3. The van der Waals surface area contributed by atoms with Crippen molar-refractivity contribution in [3.8, 4) is 5.75 Å². The van der Waals surface area contributed by atoms with Gasteiger partial charge in [-0.25, -0.2) is 0 Å². The van der Waals surface area contributed by atoms with Crippen LogP contribution in [-0.2, 0) is 6.54 Å². The van der Waals surface area contributed by atoms with Gasteiger partial charge in [-0.3, -0.25) is 4.68 Å². The van der Waals surface area contributed by atoms with Gasteiger partial charge >= 0.3 is 0 Å². The summed E-state index contributed by atoms with van der Waals surface area (Å²) in [5, 5.41) is 7.83. The molecule has 4 heteroatoms. The van der Waals surface area contributed by atoms with Gasteiger partial charge in [0.2, 0.25) is 0 Å². The molecular formula is C17H25N3O. The predicted molar refractivity (Wildman–Crippen MR) is 86.7 cm³/mol. The summed E-state index contributed by atoms with van der Waals surface area (Å²) in [4.78, 5) is 0. The maximum Gasteiger partial charge on any atom is 0.142 e. The largest absolute Gasteiger partial charge is 0.491 e. The highest BCUT2D eigenvalue weighted by molar-refractivity contribution is 5.57. The summed E-state index contributed by atoms with van der Waals surface area (Å²) in [7, 11) is 0. The van der Waals surface area contributed by atoms with Crippen LogP contribution in [0.2, 0.25) is 0 Å². The van der Waals surface area contributed by atoms with Crippen LogP contribution < -0.4 is 10.1 Å². The fourth-order valence-electron chi connectivity index (χ4n) is 2.06. The van der Waals surface area contributed by atoms with E-state index in [-0.39, 0.29) is 6.04 Å². The van der Waals surface area contributed by atoms with Gasteiger partial charge < -0.3 is 10.1 Å². The van der Waals surface area contributed by atoms with E-state index in [0.717, 1.165) is 24.6 Å². The van der Waals surface area contributed by atoms with Crippen LogP contribution in [0.1, 0.15) is 39.3 Å². The molecule has 0 spiro atoms. The van der Waals surface area contributed by atoms with E-state index in [9.17, 15) is 0 Å². The molecule has 1 unspecified atom stereocenters. The van der Waals surface area contributed by atoms with Gasteiger partial charge in [-0.15, -0.1) is 0 Å². The van der Waals surface area contributed by atoms with Gasteiger partial charge in [-0.05, 0) is 31.9 Å². The number of hydrogen-bond acceptors (Lipinski definition) is 3. The monoisotopic (exact) mass is 287 g/mol. The summed E-state index contributed by atoms with van der Waals surface area (Å²) in [6.07, 6.45) is 3.99. The van der Waals surface area contributed by atoms with Gasteiger partial charge in [-0.1, -0.05) is 26.0 Å². The maximum atomic E-state index is 5.88. The molecule has 1 heterocycles. The Morgan fingerprint density at radius 3 is 2.67 bits per heavy atom. The summed E-state index contributed by atoms with van der Waals surface area (Å²) < 4.78 is 7.82. The fraction of sp³-hybridized carbons (Fsp3) is 0.471. The molecule has 0 aliphatic carbocycles. The van der Waals surface area contributed by atoms with Crippen molar-refractivity contribution in [2.24, 2.45) is 5.92 Å². The Labute approximate surface area is 127 Å². The second-order valence-electron chi connectivity index (χ2n) is 5.70. The fourth-order valence-corrected chi connectivity index (χ4v) is 2.06. The van der Waals surface area contributed by atoms with Crippen molar-refractivity contribution in [2.75, 3.05) is 11.9 Å². The molecular weight excluding hydrogens is 262 g/mol. The van der Waals surface area contributed by atoms with Gasteiger partial charge in [0.05, 0.1) is 24.5 Å². The third kappa shape index (κ3) is 4.25. The summed E-state index contributed by atoms with van der Waals surface area (Å²) in [6.45, 7) is 10.1. The van der Waals surface area contributed by atoms with E-state index in [1.807, 2.05) is 29.1 Å². The molecule has 2 aromatic rings. The van der Waals surface area contributed by atoms with E-state index >= 15 is 0 Å². The highest BCUT2D eigenvalue weighted by Gasteiger charge is 2.11. The van der Waals surface area contributed by atoms with Crippen LogP contribution in [0.3, 0.4) is 0 Å². The molecule has 1 aromatic heterocycles. The number of aryl methyl sites for hydroxylation is 1. The SMILES string of the molecule is CCn1cc(C(C)Nc2ccccc2OCC(C)C)cn1. The Kier molecular flexibility index (Phi) is 5.26. The average molecular weight is 287 g/mol. The molecule has 0 amide bonds. The summed E-state index contributed by atoms with van der Waals surface area (Å²) in [6, 6.07) is 8.27. The summed E-state index contributed by atoms with van der Waals surface area (Å²) in [5.41, 5.74) is 2.20. The van der Waals surface area contributed by atoms with Crippen LogP contribution in [0.25, 0.3) is 0 Å². The quantitative estimate of drug-likeness (QED) is 0.833. The Hall–Kier alpha value is -1.97. The second kappa shape index (κ2) is 7.16. The molecule has 0 saturated carbocycles. The molecule has 21 heavy (non-hydrogen) atoms. The lowest BCUT2D eigenvalue weighted by Crippen LogP contribution is -2.10. The topological polar surface area (TPSA) is 39.1 Å². The number of hydrogen-bond donors (Lipinski definition) is 1. The molecule has 0 radical (unpaired) electrons. The van der Waals surface area contributed by atoms with Crippen LogP contribution in [-0.4, -0.2) is 16.4 Å². The van der Waals surface area contributed by atoms with Gasteiger partial charge in [0, 0.05) is 18.3 Å². The third-order valence-corrected chi connectivity index (χ3v) is 3.31. The number of aromatic nitrogens is 2. The van der Waals surface area contributed by atoms with E-state index < -0.39 is 0 Å². The number of ether oxygens (including phenoxy) is 1. The zero-order chi connectivity index (χ0) is 15.2. The Morgan fingerprint density at radius 1 is 1.24 bits per heavy atom. The lowest BCUT2D eigenvalue weighted by atomic mass is 10.1. The first-order chi connectivity index (χ1) is 10.1. The molecule has 4 nitrogen and oxygen atoms in total. The normalized spacial score (nSPS) is 12.4. The predicted octanol–water partition coefficient (Wildman–Crippen LogP) is 4.11. The Bertz CT molecular complexity index is 563. The molecule has 0 aliphatic heterocycles. The summed E-state index contributed by atoms with van der Waals surface area (Å²) in [5.74, 6) is 1.42. The minimum Gasteiger partial charge on any atom is -0.491 e. The molecule has 114 valence electrons. The smallest absolute Gasteiger partial charge is 0.142 e. The van der Waals surface area contributed by atoms with Crippen molar-refractivity contribution >= 4 is 5.69 Å². The lowest BCUT2D eigenvalue weighted by Gasteiger charge is -2.18. The van der Waals surface area contributed by atoms with Crippen molar-refractivity contribution in [3.63, 3.8) is 0 Å². The number of nitrogens with zero attached hydrogens (tertiary/aromatic N) is 2. The number of benzene rings is 1. The van der Waals surface area contributed by atoms with Gasteiger partial charge in [0.25, 0.3) is 0 Å². The molecule has 0 saturated heterocycles. The van der Waals surface area contributed by atoms with E-state index in [1.54, 1.807) is 0 Å². The second-order valence-corrected chi connectivity index (χ2v) is 5.70. The number of para-hydroxylation sites is 2. The Morgan fingerprint density at radius 2 is 2.00 bits per heavy atom. The molecule has 0 fully saturated rings. The van der Waals surface area contributed by atoms with Crippen LogP contribution in [0.4, 0.5) is 5.69 Å². The highest BCUT2D eigenvalue weighted by Crippen LogP contribution is 2.28. The standard InChI is InChI=1S/C17H25N3O/c1-5-20-11-15(10-18-20)14(4)19-16-8-6-7-9-17(16)21-12-13(2)3/h6-11,13-14,19H,5,12H2,1-4H3. The van der Waals surface area contributed by atoms with E-state index in [4.69, 9.17) is 4.74 Å². The minimum absolute atomic E-state index is 0.189. The van der Waals surface area contributed by atoms with Gasteiger partial charge in [-0.2, -0.15) is 5.10 Å². The van der Waals surface area contributed by atoms with Gasteiger partial charge in [0.15, 0.2) is 0 Å². The first-order valence-corrected chi connectivity index (χ1v) is 7.60. The summed E-state index contributed by atoms with van der Waals surface area (Å²) >= 11 is 0. The van der Waals surface area contributed by atoms with Crippen molar-refractivity contribution in [1.29, 1.82) is 0 Å². The van der Waals surface area contributed by atoms with Crippen LogP contribution >= 0.6 is 0 Å². The maximum absolute atomic E-state index is 5.88. The molecule has 0 bridgehead atoms. The number of anilines is 1. The van der Waals surface area contributed by atoms with E-state index in [2.05, 4.69) is 50.4 Å². The minimum atomic E-state index is 0.189. The van der Waals surface area contributed by atoms with Crippen molar-refractivity contribution < 1.29 is 4.74 Å². The van der Waals surface area contributed by atoms with E-state index in [0.29, 0.717) is 5.92 Å². The lowest BCUT2D eigenvalue weighted by molar-refractivity contribution is 0.272. The third-order valence-electron chi connectivity index (χ3n) is 3.31. The molecule has 1 aromatic carbocycles. The highest BCUT2D eigenvalue weighted by atomic mass is 16.5. The van der Waals surface area contributed by atoms with Crippen LogP contribution in [0.15, 0.2) is 36.7 Å². The first-order valence-electron chi connectivity index (χ1n) is 7.60. The van der Waals surface area contributed by atoms with E-state index in [1.165, 1.54) is 5.56 Å². The van der Waals surface area contributed by atoms with Crippen molar-refractivity contribution in [2.45, 2.75) is 40.3 Å². The molecule has 1 N–H and O–H groups in total. The zero-order valence-electron chi connectivity index (χ0n) is 13.3. The van der Waals surface area contributed by atoms with Crippen LogP contribution in [0.5, 0.6) is 5.75 Å². The van der Waals surface area contributed by atoms with Gasteiger partial charge in [0.1, 0.15) is 5.75 Å². The number of rotatable bonds is 7. The Balaban J connectivity index is 2.07. The average Bonchev–Trinajstić information content (AvgIpc) is 2.95. The molecule has 0 aliphatic rings. The molecule has 1 atom stereocenters. The van der Waals surface area contributed by atoms with Crippen LogP contribution in [0, 0.1) is 5.92 Å². The van der Waals surface area contributed by atoms with Crippen molar-refractivity contribution in [3.05, 3.63) is 42.2 Å². The molecule has 2 rings (SSSR count). The first kappa shape index (κ1) is 15.4. The number of nitrogens with one attached hydrogen (secondary N) is 1. The van der Waals surface area contributed by atoms with Crippen molar-refractivity contribution in [1.82, 2.24) is 9.78 Å².